The van der Waals surface area contributed by atoms with Gasteiger partial charge in [-0.1, -0.05) is 36.4 Å². The summed E-state index contributed by atoms with van der Waals surface area (Å²) in [6, 6.07) is 14.2. The van der Waals surface area contributed by atoms with Gasteiger partial charge in [-0.2, -0.15) is 5.10 Å². The van der Waals surface area contributed by atoms with Crippen LogP contribution in [0.3, 0.4) is 0 Å². The third-order valence-corrected chi connectivity index (χ3v) is 4.35. The van der Waals surface area contributed by atoms with E-state index >= 15 is 0 Å². The lowest BCUT2D eigenvalue weighted by atomic mass is 10.1. The molecule has 0 aliphatic heterocycles. The Kier molecular flexibility index (Phi) is 5.76. The molecule has 3 rings (SSSR count). The summed E-state index contributed by atoms with van der Waals surface area (Å²) in [7, 11) is 1.30. The number of para-hydroxylation sites is 2. The predicted octanol–water partition coefficient (Wildman–Crippen LogP) is 4.03. The lowest BCUT2D eigenvalue weighted by Crippen LogP contribution is -2.16. The fourth-order valence-corrected chi connectivity index (χ4v) is 3.04. The number of hydrogen-bond acceptors (Lipinski definition) is 4. The van der Waals surface area contributed by atoms with Gasteiger partial charge in [0.25, 0.3) is 0 Å². The number of carbonyl (C=O) groups excluding carboxylic acids is 1. The van der Waals surface area contributed by atoms with Crippen molar-refractivity contribution in [3.63, 3.8) is 0 Å². The highest BCUT2D eigenvalue weighted by Gasteiger charge is 2.08. The van der Waals surface area contributed by atoms with Gasteiger partial charge >= 0.3 is 6.09 Å². The Bertz CT molecular complexity index is 956. The maximum atomic E-state index is 11.1. The molecule has 3 aromatic rings. The van der Waals surface area contributed by atoms with Crippen LogP contribution in [0.15, 0.2) is 53.8 Å². The van der Waals surface area contributed by atoms with E-state index < -0.39 is 6.09 Å². The fraction of sp³-hybridized carbons (Fsp3) is 0.238. The Morgan fingerprint density at radius 3 is 2.63 bits per heavy atom. The number of aryl methyl sites for hydroxylation is 2. The van der Waals surface area contributed by atoms with Crippen molar-refractivity contribution in [2.75, 3.05) is 13.7 Å². The van der Waals surface area contributed by atoms with Gasteiger partial charge in [0.1, 0.15) is 12.4 Å². The Balaban J connectivity index is 1.76. The minimum absolute atomic E-state index is 0.557. The quantitative estimate of drug-likeness (QED) is 0.530. The highest BCUT2D eigenvalue weighted by Crippen LogP contribution is 2.23. The topological polar surface area (TPSA) is 64.8 Å². The van der Waals surface area contributed by atoms with E-state index in [-0.39, 0.29) is 0 Å². The van der Waals surface area contributed by atoms with Crippen LogP contribution in [0.25, 0.3) is 10.9 Å². The van der Waals surface area contributed by atoms with E-state index in [0.29, 0.717) is 13.2 Å². The maximum absolute atomic E-state index is 11.1. The lowest BCUT2D eigenvalue weighted by molar-refractivity contribution is 0.171. The molecule has 1 aromatic heterocycles. The van der Waals surface area contributed by atoms with Crippen LogP contribution in [0.5, 0.6) is 5.75 Å². The average molecular weight is 365 g/mol. The number of methoxy groups -OCH3 is 1. The molecule has 0 bridgehead atoms. The van der Waals surface area contributed by atoms with Crippen LogP contribution in [0.4, 0.5) is 4.79 Å². The summed E-state index contributed by atoms with van der Waals surface area (Å²) in [6.07, 6.45) is 3.01. The number of rotatable bonds is 6. The Morgan fingerprint density at radius 2 is 1.89 bits per heavy atom. The molecule has 1 N–H and O–H groups in total. The second-order valence-electron chi connectivity index (χ2n) is 6.23. The summed E-state index contributed by atoms with van der Waals surface area (Å²) >= 11 is 0. The van der Waals surface area contributed by atoms with Gasteiger partial charge in [-0.05, 0) is 31.0 Å². The molecule has 1 heterocycles. The van der Waals surface area contributed by atoms with Gasteiger partial charge < -0.3 is 14.0 Å². The van der Waals surface area contributed by atoms with Gasteiger partial charge in [0.05, 0.1) is 19.9 Å². The summed E-state index contributed by atoms with van der Waals surface area (Å²) in [4.78, 5) is 11.1. The highest BCUT2D eigenvalue weighted by atomic mass is 16.5. The van der Waals surface area contributed by atoms with Crippen molar-refractivity contribution in [1.29, 1.82) is 0 Å². The molecule has 0 fully saturated rings. The zero-order chi connectivity index (χ0) is 19.2. The Morgan fingerprint density at radius 1 is 1.15 bits per heavy atom. The van der Waals surface area contributed by atoms with Gasteiger partial charge in [-0.15, -0.1) is 0 Å². The minimum Gasteiger partial charge on any atom is -0.491 e. The molecule has 6 heteroatoms. The van der Waals surface area contributed by atoms with Crippen molar-refractivity contribution in [3.05, 3.63) is 65.4 Å². The summed E-state index contributed by atoms with van der Waals surface area (Å²) in [5, 5.41) is 4.99. The van der Waals surface area contributed by atoms with Crippen LogP contribution in [0.1, 0.15) is 16.7 Å². The molecule has 0 aliphatic carbocycles. The lowest BCUT2D eigenvalue weighted by Gasteiger charge is -2.12. The van der Waals surface area contributed by atoms with Crippen molar-refractivity contribution >= 4 is 23.2 Å². The number of amides is 1. The van der Waals surface area contributed by atoms with E-state index in [0.717, 1.165) is 33.3 Å². The molecular formula is C21H23N3O3. The number of ether oxygens (including phenoxy) is 2. The van der Waals surface area contributed by atoms with Crippen LogP contribution < -0.4 is 10.2 Å². The number of nitrogens with one attached hydrogen (secondary N) is 1. The normalized spacial score (nSPS) is 11.1. The van der Waals surface area contributed by atoms with Gasteiger partial charge in [-0.3, -0.25) is 0 Å². The van der Waals surface area contributed by atoms with Crippen LogP contribution in [-0.2, 0) is 11.3 Å². The predicted molar refractivity (Wildman–Crippen MR) is 106 cm³/mol. The standard InChI is InChI=1S/C21H23N3O3/c1-15-7-6-8-16(2)20(15)27-12-11-24-14-17(13-22-23-21(25)26-3)18-9-4-5-10-19(18)24/h4-10,13-14H,11-12H2,1-3H3,(H,23,25)/b22-13-. The number of hydrogen-bond donors (Lipinski definition) is 1. The minimum atomic E-state index is -0.600. The van der Waals surface area contributed by atoms with Crippen LogP contribution in [-0.4, -0.2) is 30.6 Å². The summed E-state index contributed by atoms with van der Waals surface area (Å²) in [5.74, 6) is 0.943. The first kappa shape index (κ1) is 18.5. The number of benzene rings is 2. The number of nitrogens with zero attached hydrogens (tertiary/aromatic N) is 2. The molecule has 0 aliphatic rings. The maximum Gasteiger partial charge on any atom is 0.427 e. The van der Waals surface area contributed by atoms with Crippen LogP contribution >= 0.6 is 0 Å². The highest BCUT2D eigenvalue weighted by molar-refractivity contribution is 5.99. The van der Waals surface area contributed by atoms with Crippen LogP contribution in [0, 0.1) is 13.8 Å². The van der Waals surface area contributed by atoms with Gasteiger partial charge in [0.15, 0.2) is 0 Å². The first-order valence-electron chi connectivity index (χ1n) is 8.74. The summed E-state index contributed by atoms with van der Waals surface area (Å²) in [5.41, 5.74) is 6.57. The molecule has 6 nitrogen and oxygen atoms in total. The Hall–Kier alpha value is -3.28. The zero-order valence-electron chi connectivity index (χ0n) is 15.7. The molecule has 0 unspecified atom stereocenters. The fourth-order valence-electron chi connectivity index (χ4n) is 3.04. The van der Waals surface area contributed by atoms with E-state index in [1.807, 2.05) is 30.5 Å². The van der Waals surface area contributed by atoms with Crippen LogP contribution in [0.2, 0.25) is 0 Å². The number of carbonyl (C=O) groups is 1. The van der Waals surface area contributed by atoms with Gasteiger partial charge in [-0.25, -0.2) is 10.2 Å². The molecule has 0 atom stereocenters. The van der Waals surface area contributed by atoms with E-state index in [4.69, 9.17) is 4.74 Å². The largest absolute Gasteiger partial charge is 0.491 e. The molecule has 0 saturated carbocycles. The van der Waals surface area contributed by atoms with Crippen molar-refractivity contribution in [1.82, 2.24) is 9.99 Å². The molecular weight excluding hydrogens is 342 g/mol. The first-order chi connectivity index (χ1) is 13.1. The molecule has 140 valence electrons. The van der Waals surface area contributed by atoms with E-state index in [1.54, 1.807) is 6.21 Å². The third-order valence-electron chi connectivity index (χ3n) is 4.35. The van der Waals surface area contributed by atoms with Crippen molar-refractivity contribution < 1.29 is 14.3 Å². The van der Waals surface area contributed by atoms with Crippen molar-refractivity contribution in [2.24, 2.45) is 5.10 Å². The van der Waals surface area contributed by atoms with E-state index in [9.17, 15) is 4.79 Å². The number of hydrazone groups is 1. The van der Waals surface area contributed by atoms with E-state index in [1.165, 1.54) is 7.11 Å². The van der Waals surface area contributed by atoms with Gasteiger partial charge in [0, 0.05) is 22.7 Å². The Labute approximate surface area is 158 Å². The molecule has 0 spiro atoms. The molecule has 27 heavy (non-hydrogen) atoms. The number of aromatic nitrogens is 1. The third kappa shape index (κ3) is 4.28. The molecule has 0 radical (unpaired) electrons. The average Bonchev–Trinajstić information content (AvgIpc) is 3.02. The smallest absolute Gasteiger partial charge is 0.427 e. The monoisotopic (exact) mass is 365 g/mol. The van der Waals surface area contributed by atoms with Crippen molar-refractivity contribution in [3.8, 4) is 5.75 Å². The second-order valence-corrected chi connectivity index (χ2v) is 6.23. The molecule has 1 amide bonds. The SMILES string of the molecule is COC(=O)N/N=C\c1cn(CCOc2c(C)cccc2C)c2ccccc12. The second kappa shape index (κ2) is 8.40. The number of fused-ring (bicyclic) bond motifs is 1. The van der Waals surface area contributed by atoms with Crippen molar-refractivity contribution in [2.45, 2.75) is 20.4 Å². The summed E-state index contributed by atoms with van der Waals surface area (Å²) < 4.78 is 12.7. The summed E-state index contributed by atoms with van der Waals surface area (Å²) in [6.45, 7) is 5.36. The first-order valence-corrected chi connectivity index (χ1v) is 8.74. The van der Waals surface area contributed by atoms with E-state index in [2.05, 4.69) is 51.9 Å². The zero-order valence-corrected chi connectivity index (χ0v) is 15.7. The van der Waals surface area contributed by atoms with Gasteiger partial charge in [0.2, 0.25) is 0 Å². The molecule has 0 saturated heterocycles. The molecule has 2 aromatic carbocycles.